The number of alkyl halides is 2. The van der Waals surface area contributed by atoms with Gasteiger partial charge in [-0.1, -0.05) is 18.2 Å². The predicted molar refractivity (Wildman–Crippen MR) is 97.0 cm³/mol. The molecule has 0 aliphatic rings. The molecule has 3 rings (SSSR count). The molecule has 0 saturated carbocycles. The zero-order valence-corrected chi connectivity index (χ0v) is 14.5. The van der Waals surface area contributed by atoms with Crippen molar-refractivity contribution in [1.29, 1.82) is 0 Å². The maximum Gasteiger partial charge on any atom is 0.387 e. The van der Waals surface area contributed by atoms with Gasteiger partial charge in [-0.15, -0.1) is 0 Å². The van der Waals surface area contributed by atoms with Crippen molar-refractivity contribution in [1.82, 2.24) is 15.6 Å². The van der Waals surface area contributed by atoms with Gasteiger partial charge in [-0.2, -0.15) is 19.0 Å². The number of amides is 1. The van der Waals surface area contributed by atoms with E-state index in [9.17, 15) is 18.4 Å². The van der Waals surface area contributed by atoms with E-state index in [1.807, 2.05) is 0 Å². The highest BCUT2D eigenvalue weighted by molar-refractivity contribution is 6.04. The second kappa shape index (κ2) is 8.25. The topological polar surface area (TPSA) is 106 Å². The molecule has 0 bridgehead atoms. The summed E-state index contributed by atoms with van der Waals surface area (Å²) in [6.07, 6.45) is 1.24. The van der Waals surface area contributed by atoms with E-state index in [2.05, 4.69) is 25.5 Å². The standard InChI is InChI=1S/C18H14F2N4O4/c1-27-13-7-6-10(8-14(13)28-18(19)20)9-21-23-17(26)15-11-4-2-3-5-12(11)16(25)24-22-15/h2-9,18H,1H3,(H,23,26)(H,24,25)/b21-9-. The van der Waals surface area contributed by atoms with E-state index in [-0.39, 0.29) is 17.2 Å². The van der Waals surface area contributed by atoms with E-state index in [0.717, 1.165) is 0 Å². The molecule has 0 radical (unpaired) electrons. The average Bonchev–Trinajstić information content (AvgIpc) is 2.68. The molecule has 10 heteroatoms. The number of nitrogens with one attached hydrogen (secondary N) is 2. The minimum absolute atomic E-state index is 0.0104. The van der Waals surface area contributed by atoms with Crippen LogP contribution in [0.3, 0.4) is 0 Å². The summed E-state index contributed by atoms with van der Waals surface area (Å²) in [4.78, 5) is 24.1. The van der Waals surface area contributed by atoms with E-state index in [0.29, 0.717) is 16.3 Å². The summed E-state index contributed by atoms with van der Waals surface area (Å²) in [7, 11) is 1.32. The highest BCUT2D eigenvalue weighted by Crippen LogP contribution is 2.28. The van der Waals surface area contributed by atoms with Crippen molar-refractivity contribution in [3.05, 3.63) is 64.1 Å². The molecule has 28 heavy (non-hydrogen) atoms. The molecule has 1 aromatic heterocycles. The first kappa shape index (κ1) is 19.0. The van der Waals surface area contributed by atoms with Crippen LogP contribution in [0, 0.1) is 0 Å². The number of aromatic amines is 1. The number of fused-ring (bicyclic) bond motifs is 1. The molecule has 0 aliphatic carbocycles. The fraction of sp³-hybridized carbons (Fsp3) is 0.111. The Hall–Kier alpha value is -3.82. The molecule has 8 nitrogen and oxygen atoms in total. The molecule has 144 valence electrons. The molecule has 0 aliphatic heterocycles. The zero-order chi connectivity index (χ0) is 20.1. The fourth-order valence-corrected chi connectivity index (χ4v) is 2.47. The third kappa shape index (κ3) is 4.11. The Labute approximate surface area is 156 Å². The predicted octanol–water partition coefficient (Wildman–Crippen LogP) is 2.30. The summed E-state index contributed by atoms with van der Waals surface area (Å²) in [5, 5.41) is 10.5. The summed E-state index contributed by atoms with van der Waals surface area (Å²) in [5.74, 6) is -0.687. The van der Waals surface area contributed by atoms with Gasteiger partial charge in [0.2, 0.25) is 0 Å². The van der Waals surface area contributed by atoms with Crippen molar-refractivity contribution in [3.8, 4) is 11.5 Å². The van der Waals surface area contributed by atoms with Gasteiger partial charge in [0, 0.05) is 5.39 Å². The summed E-state index contributed by atoms with van der Waals surface area (Å²) >= 11 is 0. The molecule has 2 N–H and O–H groups in total. The Balaban J connectivity index is 1.79. The van der Waals surface area contributed by atoms with Gasteiger partial charge in [-0.05, 0) is 29.8 Å². The maximum atomic E-state index is 12.5. The van der Waals surface area contributed by atoms with Crippen LogP contribution < -0.4 is 20.5 Å². The summed E-state index contributed by atoms with van der Waals surface area (Å²) < 4.78 is 34.3. The SMILES string of the molecule is COc1ccc(/C=N\NC(=O)c2n[nH]c(=O)c3ccccc23)cc1OC(F)F. The molecule has 1 amide bonds. The number of hydrogen-bond acceptors (Lipinski definition) is 6. The fourth-order valence-electron chi connectivity index (χ4n) is 2.47. The van der Waals surface area contributed by atoms with Crippen molar-refractivity contribution in [2.45, 2.75) is 6.61 Å². The second-order valence-corrected chi connectivity index (χ2v) is 5.43. The monoisotopic (exact) mass is 388 g/mol. The summed E-state index contributed by atoms with van der Waals surface area (Å²) in [6, 6.07) is 10.8. The quantitative estimate of drug-likeness (QED) is 0.498. The number of carbonyl (C=O) groups excluding carboxylic acids is 1. The number of aromatic nitrogens is 2. The van der Waals surface area contributed by atoms with Gasteiger partial charge < -0.3 is 9.47 Å². The molecule has 0 fully saturated rings. The van der Waals surface area contributed by atoms with Crippen LogP contribution in [0.25, 0.3) is 10.8 Å². The van der Waals surface area contributed by atoms with Gasteiger partial charge in [0.15, 0.2) is 17.2 Å². The van der Waals surface area contributed by atoms with E-state index in [1.54, 1.807) is 30.3 Å². The smallest absolute Gasteiger partial charge is 0.387 e. The number of methoxy groups -OCH3 is 1. The van der Waals surface area contributed by atoms with Crippen molar-refractivity contribution in [2.24, 2.45) is 5.10 Å². The Kier molecular flexibility index (Phi) is 5.58. The minimum atomic E-state index is -3.01. The number of H-pyrrole nitrogens is 1. The lowest BCUT2D eigenvalue weighted by Crippen LogP contribution is -2.22. The normalized spacial score (nSPS) is 11.1. The number of ether oxygens (including phenoxy) is 2. The highest BCUT2D eigenvalue weighted by atomic mass is 19.3. The molecular weight excluding hydrogens is 374 g/mol. The minimum Gasteiger partial charge on any atom is -0.493 e. The Morgan fingerprint density at radius 3 is 2.68 bits per heavy atom. The van der Waals surface area contributed by atoms with Gasteiger partial charge in [-0.25, -0.2) is 10.5 Å². The molecule has 1 heterocycles. The van der Waals surface area contributed by atoms with E-state index in [4.69, 9.17) is 4.74 Å². The van der Waals surface area contributed by atoms with Crippen LogP contribution in [-0.2, 0) is 0 Å². The zero-order valence-electron chi connectivity index (χ0n) is 14.5. The average molecular weight is 388 g/mol. The van der Waals surface area contributed by atoms with Crippen molar-refractivity contribution in [2.75, 3.05) is 7.11 Å². The molecule has 0 atom stereocenters. The summed E-state index contributed by atoms with van der Waals surface area (Å²) in [5.41, 5.74) is 2.23. The number of hydrogen-bond donors (Lipinski definition) is 2. The van der Waals surface area contributed by atoms with Crippen molar-refractivity contribution < 1.29 is 23.0 Å². The van der Waals surface area contributed by atoms with Gasteiger partial charge in [0.05, 0.1) is 18.7 Å². The first-order valence-electron chi connectivity index (χ1n) is 7.93. The van der Waals surface area contributed by atoms with E-state index < -0.39 is 18.1 Å². The van der Waals surface area contributed by atoms with E-state index in [1.165, 1.54) is 25.5 Å². The molecule has 2 aromatic carbocycles. The summed E-state index contributed by atoms with van der Waals surface area (Å²) in [6.45, 7) is -3.01. The third-order valence-electron chi connectivity index (χ3n) is 3.69. The molecule has 0 spiro atoms. The lowest BCUT2D eigenvalue weighted by molar-refractivity contribution is -0.0512. The maximum absolute atomic E-state index is 12.5. The number of hydrazone groups is 1. The molecular formula is C18H14F2N4O4. The van der Waals surface area contributed by atoms with E-state index >= 15 is 0 Å². The van der Waals surface area contributed by atoms with Gasteiger partial charge >= 0.3 is 6.61 Å². The second-order valence-electron chi connectivity index (χ2n) is 5.43. The van der Waals surface area contributed by atoms with Crippen molar-refractivity contribution >= 4 is 22.9 Å². The van der Waals surface area contributed by atoms with Crippen LogP contribution >= 0.6 is 0 Å². The Bertz CT molecular complexity index is 1100. The highest BCUT2D eigenvalue weighted by Gasteiger charge is 2.13. The van der Waals surface area contributed by atoms with Crippen LogP contribution in [0.2, 0.25) is 0 Å². The Morgan fingerprint density at radius 1 is 1.21 bits per heavy atom. The molecule has 3 aromatic rings. The number of halogens is 2. The first-order valence-corrected chi connectivity index (χ1v) is 7.93. The molecule has 0 saturated heterocycles. The van der Waals surface area contributed by atoms with Crippen LogP contribution in [0.15, 0.2) is 52.4 Å². The van der Waals surface area contributed by atoms with Gasteiger partial charge in [-0.3, -0.25) is 9.59 Å². The van der Waals surface area contributed by atoms with Crippen LogP contribution in [0.4, 0.5) is 8.78 Å². The van der Waals surface area contributed by atoms with Crippen LogP contribution in [-0.4, -0.2) is 36.0 Å². The number of benzene rings is 2. The number of rotatable bonds is 6. The van der Waals surface area contributed by atoms with Crippen LogP contribution in [0.1, 0.15) is 16.1 Å². The largest absolute Gasteiger partial charge is 0.493 e. The first-order chi connectivity index (χ1) is 13.5. The Morgan fingerprint density at radius 2 is 1.96 bits per heavy atom. The van der Waals surface area contributed by atoms with Gasteiger partial charge in [0.1, 0.15) is 0 Å². The molecule has 0 unspecified atom stereocenters. The number of carbonyl (C=O) groups is 1. The van der Waals surface area contributed by atoms with Gasteiger partial charge in [0.25, 0.3) is 11.5 Å². The number of nitrogens with zero attached hydrogens (tertiary/aromatic N) is 2. The lowest BCUT2D eigenvalue weighted by atomic mass is 10.1. The third-order valence-corrected chi connectivity index (χ3v) is 3.69. The lowest BCUT2D eigenvalue weighted by Gasteiger charge is -2.10. The van der Waals surface area contributed by atoms with Crippen LogP contribution in [0.5, 0.6) is 11.5 Å². The van der Waals surface area contributed by atoms with Crippen molar-refractivity contribution in [3.63, 3.8) is 0 Å².